The molecule has 1 atom stereocenters. The number of nitrogens with zero attached hydrogens (tertiary/aromatic N) is 2. The van der Waals surface area contributed by atoms with Gasteiger partial charge in [-0.3, -0.25) is 4.79 Å². The second kappa shape index (κ2) is 7.73. The summed E-state index contributed by atoms with van der Waals surface area (Å²) >= 11 is 0.844. The summed E-state index contributed by atoms with van der Waals surface area (Å²) in [6, 6.07) is 6.09. The molecule has 5 nitrogen and oxygen atoms in total. The maximum atomic E-state index is 12.7. The van der Waals surface area contributed by atoms with Crippen LogP contribution in [-0.4, -0.2) is 28.2 Å². The number of aryl methyl sites for hydroxylation is 1. The van der Waals surface area contributed by atoms with E-state index in [1.165, 1.54) is 7.11 Å². The summed E-state index contributed by atoms with van der Waals surface area (Å²) in [6.07, 6.45) is -3.54. The number of thioether (sulfide) groups is 1. The van der Waals surface area contributed by atoms with Crippen LogP contribution in [0.4, 0.5) is 18.9 Å². The topological polar surface area (TPSA) is 64.1 Å². The largest absolute Gasteiger partial charge is 0.495 e. The molecule has 0 saturated heterocycles. The molecule has 2 rings (SSSR count). The minimum absolute atomic E-state index is 0.117. The first-order valence-electron chi connectivity index (χ1n) is 7.23. The van der Waals surface area contributed by atoms with Crippen LogP contribution < -0.4 is 10.1 Å². The predicted octanol–water partition coefficient (Wildman–Crippen LogP) is 3.93. The Kier molecular flexibility index (Phi) is 5.89. The summed E-state index contributed by atoms with van der Waals surface area (Å²) in [5, 5.41) is 1.89. The van der Waals surface area contributed by atoms with Gasteiger partial charge in [0.25, 0.3) is 0 Å². The average molecular weight is 371 g/mol. The van der Waals surface area contributed by atoms with E-state index in [0.29, 0.717) is 11.4 Å². The standard InChI is InChI=1S/C16H16F3N3O2S/c1-9-4-5-12(24-3)11(8-9)21-14(23)10(2)25-15-20-7-6-13(22-15)16(17,18)19/h4-8,10H,1-3H3,(H,21,23). The zero-order chi connectivity index (χ0) is 18.6. The van der Waals surface area contributed by atoms with E-state index in [-0.39, 0.29) is 5.16 Å². The van der Waals surface area contributed by atoms with Crippen molar-refractivity contribution in [3.05, 3.63) is 41.7 Å². The van der Waals surface area contributed by atoms with Gasteiger partial charge < -0.3 is 10.1 Å². The summed E-state index contributed by atoms with van der Waals surface area (Å²) in [7, 11) is 1.48. The van der Waals surface area contributed by atoms with Gasteiger partial charge in [0.15, 0.2) is 5.16 Å². The SMILES string of the molecule is COc1ccc(C)cc1NC(=O)C(C)Sc1nccc(C(F)(F)F)n1. The Morgan fingerprint density at radius 3 is 2.68 bits per heavy atom. The van der Waals surface area contributed by atoms with Gasteiger partial charge in [0.2, 0.25) is 5.91 Å². The average Bonchev–Trinajstić information content (AvgIpc) is 2.54. The molecule has 1 aromatic carbocycles. The Morgan fingerprint density at radius 2 is 2.04 bits per heavy atom. The number of aromatic nitrogens is 2. The molecule has 25 heavy (non-hydrogen) atoms. The third kappa shape index (κ3) is 5.09. The molecule has 9 heteroatoms. The molecule has 1 unspecified atom stereocenters. The fourth-order valence-electron chi connectivity index (χ4n) is 1.92. The maximum absolute atomic E-state index is 12.7. The Morgan fingerprint density at radius 1 is 1.32 bits per heavy atom. The van der Waals surface area contributed by atoms with Crippen molar-refractivity contribution in [1.82, 2.24) is 9.97 Å². The number of hydrogen-bond donors (Lipinski definition) is 1. The van der Waals surface area contributed by atoms with Crippen LogP contribution in [0.3, 0.4) is 0 Å². The highest BCUT2D eigenvalue weighted by atomic mass is 32.2. The molecule has 0 spiro atoms. The fourth-order valence-corrected chi connectivity index (χ4v) is 2.68. The van der Waals surface area contributed by atoms with E-state index in [4.69, 9.17) is 4.74 Å². The van der Waals surface area contributed by atoms with Gasteiger partial charge in [-0.15, -0.1) is 0 Å². The second-order valence-electron chi connectivity index (χ2n) is 5.18. The van der Waals surface area contributed by atoms with Crippen LogP contribution in [0.1, 0.15) is 18.2 Å². The molecule has 0 bridgehead atoms. The third-order valence-corrected chi connectivity index (χ3v) is 4.16. The van der Waals surface area contributed by atoms with Crippen molar-refractivity contribution < 1.29 is 22.7 Å². The fraction of sp³-hybridized carbons (Fsp3) is 0.312. The van der Waals surface area contributed by atoms with Crippen molar-refractivity contribution >= 4 is 23.4 Å². The first kappa shape index (κ1) is 19.0. The lowest BCUT2D eigenvalue weighted by Crippen LogP contribution is -2.23. The molecule has 1 heterocycles. The van der Waals surface area contributed by atoms with Gasteiger partial charge >= 0.3 is 6.18 Å². The minimum Gasteiger partial charge on any atom is -0.495 e. The molecule has 2 aromatic rings. The van der Waals surface area contributed by atoms with Crippen molar-refractivity contribution in [3.63, 3.8) is 0 Å². The van der Waals surface area contributed by atoms with E-state index in [1.807, 2.05) is 13.0 Å². The summed E-state index contributed by atoms with van der Waals surface area (Å²) in [6.45, 7) is 3.43. The molecular weight excluding hydrogens is 355 g/mol. The lowest BCUT2D eigenvalue weighted by molar-refractivity contribution is -0.141. The molecule has 0 radical (unpaired) electrons. The van der Waals surface area contributed by atoms with Crippen LogP contribution in [0.2, 0.25) is 0 Å². The molecule has 0 aliphatic rings. The van der Waals surface area contributed by atoms with Crippen molar-refractivity contribution in [3.8, 4) is 5.75 Å². The van der Waals surface area contributed by atoms with E-state index in [9.17, 15) is 18.0 Å². The zero-order valence-electron chi connectivity index (χ0n) is 13.7. The van der Waals surface area contributed by atoms with E-state index in [1.54, 1.807) is 19.1 Å². The van der Waals surface area contributed by atoms with E-state index in [0.717, 1.165) is 29.6 Å². The molecule has 134 valence electrons. The van der Waals surface area contributed by atoms with Gasteiger partial charge in [-0.25, -0.2) is 9.97 Å². The maximum Gasteiger partial charge on any atom is 0.433 e. The zero-order valence-corrected chi connectivity index (χ0v) is 14.5. The van der Waals surface area contributed by atoms with E-state index in [2.05, 4.69) is 15.3 Å². The number of nitrogens with one attached hydrogen (secondary N) is 1. The normalized spacial score (nSPS) is 12.6. The van der Waals surface area contributed by atoms with Gasteiger partial charge in [-0.2, -0.15) is 13.2 Å². The first-order chi connectivity index (χ1) is 11.7. The molecule has 1 N–H and O–H groups in total. The van der Waals surface area contributed by atoms with Gasteiger partial charge in [0.1, 0.15) is 11.4 Å². The molecule has 0 saturated carbocycles. The van der Waals surface area contributed by atoms with Crippen LogP contribution in [0.5, 0.6) is 5.75 Å². The summed E-state index contributed by atoms with van der Waals surface area (Å²) in [4.78, 5) is 19.5. The molecule has 0 aliphatic heterocycles. The van der Waals surface area contributed by atoms with Crippen LogP contribution in [0, 0.1) is 6.92 Å². The number of alkyl halides is 3. The van der Waals surface area contributed by atoms with Crippen LogP contribution in [0.15, 0.2) is 35.6 Å². The first-order valence-corrected chi connectivity index (χ1v) is 8.11. The van der Waals surface area contributed by atoms with Crippen LogP contribution >= 0.6 is 11.8 Å². The number of halogens is 3. The van der Waals surface area contributed by atoms with Gasteiger partial charge in [-0.05, 0) is 37.6 Å². The Labute approximate surface area is 147 Å². The molecular formula is C16H16F3N3O2S. The lowest BCUT2D eigenvalue weighted by atomic mass is 10.2. The van der Waals surface area contributed by atoms with Gasteiger partial charge in [-0.1, -0.05) is 17.8 Å². The lowest BCUT2D eigenvalue weighted by Gasteiger charge is -2.14. The van der Waals surface area contributed by atoms with Crippen molar-refractivity contribution in [2.75, 3.05) is 12.4 Å². The smallest absolute Gasteiger partial charge is 0.433 e. The highest BCUT2D eigenvalue weighted by Gasteiger charge is 2.33. The number of carbonyl (C=O) groups excluding carboxylic acids is 1. The predicted molar refractivity (Wildman–Crippen MR) is 88.7 cm³/mol. The van der Waals surface area contributed by atoms with Gasteiger partial charge in [0, 0.05) is 6.20 Å². The summed E-state index contributed by atoms with van der Waals surface area (Å²) in [5.74, 6) is 0.0985. The van der Waals surface area contributed by atoms with Crippen molar-refractivity contribution in [1.29, 1.82) is 0 Å². The van der Waals surface area contributed by atoms with E-state index < -0.39 is 23.0 Å². The van der Waals surface area contributed by atoms with Crippen molar-refractivity contribution in [2.24, 2.45) is 0 Å². The number of ether oxygens (including phenoxy) is 1. The highest BCUT2D eigenvalue weighted by Crippen LogP contribution is 2.30. The Balaban J connectivity index is 2.10. The molecule has 1 amide bonds. The number of anilines is 1. The number of benzene rings is 1. The molecule has 0 aliphatic carbocycles. The number of rotatable bonds is 5. The third-order valence-electron chi connectivity index (χ3n) is 3.19. The number of amides is 1. The Hall–Kier alpha value is -2.29. The number of carbonyl (C=O) groups is 1. The van der Waals surface area contributed by atoms with Gasteiger partial charge in [0.05, 0.1) is 18.0 Å². The quantitative estimate of drug-likeness (QED) is 0.637. The minimum atomic E-state index is -4.56. The molecule has 1 aromatic heterocycles. The second-order valence-corrected chi connectivity index (χ2v) is 6.48. The summed E-state index contributed by atoms with van der Waals surface area (Å²) in [5.41, 5.74) is 0.375. The van der Waals surface area contributed by atoms with Crippen LogP contribution in [0.25, 0.3) is 0 Å². The number of methoxy groups -OCH3 is 1. The van der Waals surface area contributed by atoms with Crippen LogP contribution in [-0.2, 0) is 11.0 Å². The number of hydrogen-bond acceptors (Lipinski definition) is 5. The van der Waals surface area contributed by atoms with Crippen molar-refractivity contribution in [2.45, 2.75) is 30.4 Å². The molecule has 0 fully saturated rings. The van der Waals surface area contributed by atoms with E-state index >= 15 is 0 Å². The monoisotopic (exact) mass is 371 g/mol. The highest BCUT2D eigenvalue weighted by molar-refractivity contribution is 8.00. The summed E-state index contributed by atoms with van der Waals surface area (Å²) < 4.78 is 43.2. The Bertz CT molecular complexity index is 769.